The molecule has 1 heterocycles. The van der Waals surface area contributed by atoms with E-state index < -0.39 is 0 Å². The second-order valence-corrected chi connectivity index (χ2v) is 7.50. The highest BCUT2D eigenvalue weighted by atomic mass is 79.9. The van der Waals surface area contributed by atoms with Crippen LogP contribution in [0.15, 0.2) is 0 Å². The van der Waals surface area contributed by atoms with E-state index in [9.17, 15) is 4.79 Å². The van der Waals surface area contributed by atoms with Crippen molar-refractivity contribution in [1.29, 1.82) is 0 Å². The minimum atomic E-state index is -0.117. The van der Waals surface area contributed by atoms with Gasteiger partial charge in [0, 0.05) is 17.1 Å². The zero-order valence-electron chi connectivity index (χ0n) is 10.9. The van der Waals surface area contributed by atoms with Gasteiger partial charge in [-0.25, -0.2) is 0 Å². The fourth-order valence-corrected chi connectivity index (χ4v) is 2.87. The molecule has 1 fully saturated rings. The van der Waals surface area contributed by atoms with Crippen molar-refractivity contribution in [2.75, 3.05) is 0 Å². The van der Waals surface area contributed by atoms with Gasteiger partial charge in [-0.15, -0.1) is 0 Å². The normalized spacial score (nSPS) is 26.1. The second kappa shape index (κ2) is 4.65. The molecular formula is C12H23BrN2O. The average Bonchev–Trinajstić information content (AvgIpc) is 1.96. The first-order valence-electron chi connectivity index (χ1n) is 5.85. The Kier molecular flexibility index (Phi) is 4.06. The van der Waals surface area contributed by atoms with Crippen molar-refractivity contribution in [2.45, 2.75) is 69.4 Å². The van der Waals surface area contributed by atoms with Crippen molar-refractivity contribution in [3.63, 3.8) is 0 Å². The van der Waals surface area contributed by atoms with E-state index in [1.54, 1.807) is 0 Å². The lowest BCUT2D eigenvalue weighted by atomic mass is 9.79. The molecule has 3 nitrogen and oxygen atoms in total. The largest absolute Gasteiger partial charge is 0.352 e. The first-order chi connectivity index (χ1) is 7.11. The van der Waals surface area contributed by atoms with Gasteiger partial charge < -0.3 is 10.6 Å². The molecule has 0 saturated carbocycles. The third kappa shape index (κ3) is 4.06. The maximum Gasteiger partial charge on any atom is 0.233 e. The monoisotopic (exact) mass is 290 g/mol. The molecule has 1 amide bonds. The van der Waals surface area contributed by atoms with Gasteiger partial charge in [-0.1, -0.05) is 15.9 Å². The smallest absolute Gasteiger partial charge is 0.233 e. The van der Waals surface area contributed by atoms with E-state index in [-0.39, 0.29) is 27.9 Å². The van der Waals surface area contributed by atoms with E-state index in [1.165, 1.54) is 0 Å². The lowest BCUT2D eigenvalue weighted by Crippen LogP contribution is -2.62. The number of carbonyl (C=O) groups is 1. The van der Waals surface area contributed by atoms with Crippen LogP contribution in [0.3, 0.4) is 0 Å². The Hall–Kier alpha value is -0.0900. The van der Waals surface area contributed by atoms with Gasteiger partial charge in [0.1, 0.15) is 0 Å². The van der Waals surface area contributed by atoms with Crippen LogP contribution in [0.5, 0.6) is 0 Å². The number of rotatable bonds is 2. The van der Waals surface area contributed by atoms with Gasteiger partial charge in [-0.2, -0.15) is 0 Å². The van der Waals surface area contributed by atoms with Crippen molar-refractivity contribution in [3.8, 4) is 0 Å². The summed E-state index contributed by atoms with van der Waals surface area (Å²) in [6.45, 7) is 10.6. The topological polar surface area (TPSA) is 41.1 Å². The number of carbonyl (C=O) groups excluding carboxylic acids is 1. The molecule has 2 N–H and O–H groups in total. The van der Waals surface area contributed by atoms with Gasteiger partial charge in [0.25, 0.3) is 0 Å². The van der Waals surface area contributed by atoms with Crippen molar-refractivity contribution < 1.29 is 4.79 Å². The number of alkyl halides is 1. The van der Waals surface area contributed by atoms with Gasteiger partial charge in [-0.05, 0) is 47.5 Å². The standard InChI is InChI=1S/C12H23BrN2O/c1-8(13)10(16)14-9-6-11(2,3)15-12(4,5)7-9/h8-9,15H,6-7H2,1-5H3,(H,14,16). The summed E-state index contributed by atoms with van der Waals surface area (Å²) in [6.07, 6.45) is 1.95. The lowest BCUT2D eigenvalue weighted by Gasteiger charge is -2.46. The van der Waals surface area contributed by atoms with Crippen LogP contribution in [0.4, 0.5) is 0 Å². The fourth-order valence-electron chi connectivity index (χ4n) is 2.74. The predicted octanol–water partition coefficient (Wildman–Crippen LogP) is 2.20. The van der Waals surface area contributed by atoms with Crippen LogP contribution in [0, 0.1) is 0 Å². The number of halogens is 1. The van der Waals surface area contributed by atoms with E-state index >= 15 is 0 Å². The van der Waals surface area contributed by atoms with Gasteiger partial charge in [0.2, 0.25) is 5.91 Å². The third-order valence-electron chi connectivity index (χ3n) is 2.90. The zero-order chi connectivity index (χ0) is 12.6. The molecule has 4 heteroatoms. The molecular weight excluding hydrogens is 268 g/mol. The summed E-state index contributed by atoms with van der Waals surface area (Å²) >= 11 is 3.30. The minimum Gasteiger partial charge on any atom is -0.352 e. The number of hydrogen-bond acceptors (Lipinski definition) is 2. The first-order valence-corrected chi connectivity index (χ1v) is 6.77. The summed E-state index contributed by atoms with van der Waals surface area (Å²) < 4.78 is 0. The lowest BCUT2D eigenvalue weighted by molar-refractivity contribution is -0.121. The molecule has 0 aromatic rings. The minimum absolute atomic E-state index is 0.0786. The first kappa shape index (κ1) is 14.0. The SMILES string of the molecule is CC(Br)C(=O)NC1CC(C)(C)NC(C)(C)C1. The Labute approximate surface area is 107 Å². The molecule has 1 atom stereocenters. The molecule has 1 unspecified atom stereocenters. The van der Waals surface area contributed by atoms with E-state index in [0.717, 1.165) is 12.8 Å². The van der Waals surface area contributed by atoms with Crippen molar-refractivity contribution in [2.24, 2.45) is 0 Å². The Balaban J connectivity index is 2.64. The van der Waals surface area contributed by atoms with Crippen LogP contribution in [0.2, 0.25) is 0 Å². The molecule has 0 spiro atoms. The fraction of sp³-hybridized carbons (Fsp3) is 0.917. The maximum absolute atomic E-state index is 11.7. The Morgan fingerprint density at radius 3 is 2.12 bits per heavy atom. The molecule has 1 aliphatic rings. The highest BCUT2D eigenvalue weighted by Crippen LogP contribution is 2.28. The van der Waals surface area contributed by atoms with Crippen LogP contribution in [-0.4, -0.2) is 27.9 Å². The Morgan fingerprint density at radius 2 is 1.75 bits per heavy atom. The van der Waals surface area contributed by atoms with Crippen LogP contribution < -0.4 is 10.6 Å². The molecule has 0 aromatic heterocycles. The van der Waals surface area contributed by atoms with Gasteiger partial charge >= 0.3 is 0 Å². The number of amides is 1. The van der Waals surface area contributed by atoms with E-state index in [4.69, 9.17) is 0 Å². The number of nitrogens with one attached hydrogen (secondary N) is 2. The number of hydrogen-bond donors (Lipinski definition) is 2. The summed E-state index contributed by atoms with van der Waals surface area (Å²) in [5.41, 5.74) is 0.157. The number of piperidine rings is 1. The second-order valence-electron chi connectivity index (χ2n) is 6.12. The molecule has 1 saturated heterocycles. The summed E-state index contributed by atoms with van der Waals surface area (Å²) in [4.78, 5) is 11.5. The van der Waals surface area contributed by atoms with Crippen LogP contribution in [-0.2, 0) is 4.79 Å². The highest BCUT2D eigenvalue weighted by Gasteiger charge is 2.38. The zero-order valence-corrected chi connectivity index (χ0v) is 12.4. The van der Waals surface area contributed by atoms with Crippen LogP contribution in [0.25, 0.3) is 0 Å². The molecule has 0 bridgehead atoms. The summed E-state index contributed by atoms with van der Waals surface area (Å²) in [5.74, 6) is 0.0819. The molecule has 0 radical (unpaired) electrons. The average molecular weight is 291 g/mol. The highest BCUT2D eigenvalue weighted by molar-refractivity contribution is 9.10. The Bertz CT molecular complexity index is 258. The molecule has 16 heavy (non-hydrogen) atoms. The van der Waals surface area contributed by atoms with Crippen LogP contribution >= 0.6 is 15.9 Å². The van der Waals surface area contributed by atoms with Gasteiger partial charge in [0.05, 0.1) is 4.83 Å². The van der Waals surface area contributed by atoms with E-state index in [2.05, 4.69) is 54.3 Å². The molecule has 0 aliphatic carbocycles. The molecule has 94 valence electrons. The van der Waals surface area contributed by atoms with Gasteiger partial charge in [0.15, 0.2) is 0 Å². The third-order valence-corrected chi connectivity index (χ3v) is 3.31. The van der Waals surface area contributed by atoms with E-state index in [0.29, 0.717) is 0 Å². The van der Waals surface area contributed by atoms with Crippen LogP contribution in [0.1, 0.15) is 47.5 Å². The molecule has 1 aliphatic heterocycles. The summed E-state index contributed by atoms with van der Waals surface area (Å²) in [6, 6.07) is 0.263. The maximum atomic E-state index is 11.7. The summed E-state index contributed by atoms with van der Waals surface area (Å²) in [5, 5.41) is 6.71. The van der Waals surface area contributed by atoms with Crippen molar-refractivity contribution in [3.05, 3.63) is 0 Å². The predicted molar refractivity (Wildman–Crippen MR) is 70.8 cm³/mol. The molecule has 0 aromatic carbocycles. The quantitative estimate of drug-likeness (QED) is 0.766. The van der Waals surface area contributed by atoms with Crippen molar-refractivity contribution in [1.82, 2.24) is 10.6 Å². The van der Waals surface area contributed by atoms with Gasteiger partial charge in [-0.3, -0.25) is 4.79 Å². The Morgan fingerprint density at radius 1 is 1.31 bits per heavy atom. The summed E-state index contributed by atoms with van der Waals surface area (Å²) in [7, 11) is 0. The van der Waals surface area contributed by atoms with Crippen molar-refractivity contribution >= 4 is 21.8 Å². The molecule has 1 rings (SSSR count). The van der Waals surface area contributed by atoms with E-state index in [1.807, 2.05) is 6.92 Å².